The summed E-state index contributed by atoms with van der Waals surface area (Å²) in [4.78, 5) is 0. The van der Waals surface area contributed by atoms with E-state index < -0.39 is 0 Å². The molecule has 0 aliphatic rings. The largest absolute Gasteiger partial charge is 0.409 e. The summed E-state index contributed by atoms with van der Waals surface area (Å²) >= 11 is 1.92. The predicted octanol–water partition coefficient (Wildman–Crippen LogP) is 2.54. The molecule has 0 aromatic carbocycles. The van der Waals surface area contributed by atoms with E-state index in [1.54, 1.807) is 0 Å². The zero-order valence-electron chi connectivity index (χ0n) is 9.58. The summed E-state index contributed by atoms with van der Waals surface area (Å²) < 4.78 is 0. The van der Waals surface area contributed by atoms with Gasteiger partial charge in [-0.1, -0.05) is 32.9 Å². The molecule has 3 nitrogen and oxygen atoms in total. The molecule has 0 saturated carbocycles. The van der Waals surface area contributed by atoms with E-state index in [0.29, 0.717) is 5.84 Å². The minimum atomic E-state index is -0.196. The van der Waals surface area contributed by atoms with Crippen molar-refractivity contribution in [3.8, 4) is 0 Å². The van der Waals surface area contributed by atoms with Crippen LogP contribution in [0, 0.1) is 11.3 Å². The molecule has 0 unspecified atom stereocenters. The first-order chi connectivity index (χ1) is 6.40. The summed E-state index contributed by atoms with van der Waals surface area (Å²) in [5, 5.41) is 11.6. The van der Waals surface area contributed by atoms with Gasteiger partial charge in [-0.2, -0.15) is 11.8 Å². The van der Waals surface area contributed by atoms with Gasteiger partial charge in [-0.25, -0.2) is 0 Å². The van der Waals surface area contributed by atoms with Crippen molar-refractivity contribution in [2.75, 3.05) is 11.5 Å². The van der Waals surface area contributed by atoms with Crippen LogP contribution in [-0.2, 0) is 0 Å². The summed E-state index contributed by atoms with van der Waals surface area (Å²) in [7, 11) is 0. The van der Waals surface area contributed by atoms with Gasteiger partial charge in [-0.3, -0.25) is 0 Å². The van der Waals surface area contributed by atoms with E-state index in [1.807, 2.05) is 25.6 Å². The molecule has 0 saturated heterocycles. The number of nitrogens with two attached hydrogens (primary N) is 1. The Morgan fingerprint density at radius 3 is 2.50 bits per heavy atom. The number of hydrogen-bond donors (Lipinski definition) is 2. The Bertz CT molecular complexity index is 191. The van der Waals surface area contributed by atoms with Crippen LogP contribution in [0.15, 0.2) is 5.16 Å². The quantitative estimate of drug-likeness (QED) is 0.237. The fourth-order valence-corrected chi connectivity index (χ4v) is 2.20. The molecule has 0 heterocycles. The van der Waals surface area contributed by atoms with Gasteiger partial charge < -0.3 is 10.9 Å². The van der Waals surface area contributed by atoms with Crippen LogP contribution in [0.4, 0.5) is 0 Å². The summed E-state index contributed by atoms with van der Waals surface area (Å²) in [5.74, 6) is 3.28. The van der Waals surface area contributed by atoms with Crippen LogP contribution in [0.1, 0.15) is 34.1 Å². The Morgan fingerprint density at radius 2 is 2.07 bits per heavy atom. The monoisotopic (exact) mass is 218 g/mol. The normalized spacial score (nSPS) is 13.6. The average molecular weight is 218 g/mol. The third-order valence-electron chi connectivity index (χ3n) is 2.12. The molecule has 0 atom stereocenters. The molecule has 0 bridgehead atoms. The first kappa shape index (κ1) is 13.6. The van der Waals surface area contributed by atoms with Gasteiger partial charge in [0.1, 0.15) is 5.84 Å². The highest BCUT2D eigenvalue weighted by Crippen LogP contribution is 2.23. The molecule has 0 amide bonds. The van der Waals surface area contributed by atoms with E-state index >= 15 is 0 Å². The maximum Gasteiger partial charge on any atom is 0.144 e. The summed E-state index contributed by atoms with van der Waals surface area (Å²) in [5.41, 5.74) is 5.39. The molecule has 0 aliphatic heterocycles. The minimum Gasteiger partial charge on any atom is -0.409 e. The van der Waals surface area contributed by atoms with Crippen molar-refractivity contribution in [3.63, 3.8) is 0 Å². The van der Waals surface area contributed by atoms with E-state index in [4.69, 9.17) is 10.9 Å². The second-order valence-electron chi connectivity index (χ2n) is 4.59. The smallest absolute Gasteiger partial charge is 0.144 e. The van der Waals surface area contributed by atoms with E-state index in [0.717, 1.165) is 18.1 Å². The highest BCUT2D eigenvalue weighted by molar-refractivity contribution is 7.99. The van der Waals surface area contributed by atoms with Gasteiger partial charge in [-0.05, 0) is 23.8 Å². The number of rotatable bonds is 6. The summed E-state index contributed by atoms with van der Waals surface area (Å²) in [6.07, 6.45) is 0.945. The lowest BCUT2D eigenvalue weighted by molar-refractivity contribution is 0.307. The fourth-order valence-electron chi connectivity index (χ4n) is 0.910. The predicted molar refractivity (Wildman–Crippen MR) is 64.0 cm³/mol. The third kappa shape index (κ3) is 5.37. The van der Waals surface area contributed by atoms with Crippen molar-refractivity contribution >= 4 is 17.6 Å². The molecule has 0 aromatic rings. The van der Waals surface area contributed by atoms with Crippen molar-refractivity contribution in [2.24, 2.45) is 22.2 Å². The second-order valence-corrected chi connectivity index (χ2v) is 5.74. The lowest BCUT2D eigenvalue weighted by Gasteiger charge is -2.22. The van der Waals surface area contributed by atoms with Gasteiger partial charge in [0, 0.05) is 5.41 Å². The Labute approximate surface area is 91.1 Å². The van der Waals surface area contributed by atoms with Crippen molar-refractivity contribution in [3.05, 3.63) is 0 Å². The molecular weight excluding hydrogens is 196 g/mol. The number of nitrogens with zero attached hydrogens (tertiary/aromatic N) is 1. The van der Waals surface area contributed by atoms with Gasteiger partial charge in [0.2, 0.25) is 0 Å². The van der Waals surface area contributed by atoms with Crippen LogP contribution in [0.25, 0.3) is 0 Å². The van der Waals surface area contributed by atoms with Crippen LogP contribution in [0.2, 0.25) is 0 Å². The van der Waals surface area contributed by atoms with Crippen LogP contribution in [0.5, 0.6) is 0 Å². The molecule has 4 heteroatoms. The Hall–Kier alpha value is -0.380. The van der Waals surface area contributed by atoms with Gasteiger partial charge in [-0.15, -0.1) is 0 Å². The Kier molecular flexibility index (Phi) is 6.00. The Morgan fingerprint density at radius 1 is 1.50 bits per heavy atom. The molecule has 3 N–H and O–H groups in total. The summed E-state index contributed by atoms with van der Waals surface area (Å²) in [6.45, 7) is 8.42. The molecule has 0 radical (unpaired) electrons. The molecule has 84 valence electrons. The number of hydrogen-bond acceptors (Lipinski definition) is 3. The topological polar surface area (TPSA) is 58.6 Å². The molecule has 0 aromatic heterocycles. The molecule has 14 heavy (non-hydrogen) atoms. The lowest BCUT2D eigenvalue weighted by atomic mass is 9.89. The lowest BCUT2D eigenvalue weighted by Crippen LogP contribution is -2.32. The SMILES string of the molecule is CC(C)CSCCC(C)(C)C(N)=NO. The highest BCUT2D eigenvalue weighted by atomic mass is 32.2. The van der Waals surface area contributed by atoms with Crippen molar-refractivity contribution in [1.29, 1.82) is 0 Å². The Balaban J connectivity index is 3.77. The van der Waals surface area contributed by atoms with Gasteiger partial charge in [0.15, 0.2) is 0 Å². The van der Waals surface area contributed by atoms with Crippen LogP contribution >= 0.6 is 11.8 Å². The molecule has 0 aliphatic carbocycles. The first-order valence-corrected chi connectivity index (χ1v) is 6.11. The number of amidine groups is 1. The number of oxime groups is 1. The van der Waals surface area contributed by atoms with E-state index in [2.05, 4.69) is 19.0 Å². The maximum atomic E-state index is 8.57. The zero-order chi connectivity index (χ0) is 11.2. The van der Waals surface area contributed by atoms with Gasteiger partial charge >= 0.3 is 0 Å². The van der Waals surface area contributed by atoms with E-state index in [1.165, 1.54) is 5.75 Å². The second kappa shape index (κ2) is 6.17. The third-order valence-corrected chi connectivity index (χ3v) is 3.52. The van der Waals surface area contributed by atoms with Gasteiger partial charge in [0.05, 0.1) is 0 Å². The van der Waals surface area contributed by atoms with Crippen LogP contribution in [0.3, 0.4) is 0 Å². The van der Waals surface area contributed by atoms with Crippen molar-refractivity contribution in [2.45, 2.75) is 34.1 Å². The highest BCUT2D eigenvalue weighted by Gasteiger charge is 2.22. The van der Waals surface area contributed by atoms with Gasteiger partial charge in [0.25, 0.3) is 0 Å². The average Bonchev–Trinajstić information content (AvgIpc) is 2.10. The van der Waals surface area contributed by atoms with Crippen molar-refractivity contribution < 1.29 is 5.21 Å². The van der Waals surface area contributed by atoms with E-state index in [-0.39, 0.29) is 5.41 Å². The standard InChI is InChI=1S/C10H22N2OS/c1-8(2)7-14-6-5-10(3,4)9(11)12-13/h8,13H,5-7H2,1-4H3,(H2,11,12). The minimum absolute atomic E-state index is 0.196. The molecular formula is C10H22N2OS. The fraction of sp³-hybridized carbons (Fsp3) is 0.900. The van der Waals surface area contributed by atoms with E-state index in [9.17, 15) is 0 Å². The number of thioether (sulfide) groups is 1. The van der Waals surface area contributed by atoms with Crippen molar-refractivity contribution in [1.82, 2.24) is 0 Å². The molecule has 0 fully saturated rings. The molecule has 0 spiro atoms. The molecule has 0 rings (SSSR count). The first-order valence-electron chi connectivity index (χ1n) is 4.96. The maximum absolute atomic E-state index is 8.57. The van der Waals surface area contributed by atoms with Crippen LogP contribution < -0.4 is 5.73 Å². The summed E-state index contributed by atoms with van der Waals surface area (Å²) in [6, 6.07) is 0. The zero-order valence-corrected chi connectivity index (χ0v) is 10.4. The van der Waals surface area contributed by atoms with Crippen LogP contribution in [-0.4, -0.2) is 22.5 Å².